The number of benzene rings is 2. The summed E-state index contributed by atoms with van der Waals surface area (Å²) in [5.74, 6) is -5.03. The van der Waals surface area contributed by atoms with Gasteiger partial charge in [-0.25, -0.2) is 4.79 Å². The maximum atomic E-state index is 12.9. The van der Waals surface area contributed by atoms with Crippen LogP contribution in [0.2, 0.25) is 0 Å². The van der Waals surface area contributed by atoms with Gasteiger partial charge in [-0.15, -0.1) is 0 Å². The molecule has 19 heteroatoms. The molecule has 19 nitrogen and oxygen atoms in total. The molecule has 1 aromatic heterocycles. The molecule has 264 valence electrons. The Hall–Kier alpha value is -4.86. The molecule has 0 bridgehead atoms. The van der Waals surface area contributed by atoms with Gasteiger partial charge in [0.25, 0.3) is 0 Å². The van der Waals surface area contributed by atoms with Crippen LogP contribution in [0.25, 0.3) is 22.3 Å². The van der Waals surface area contributed by atoms with Gasteiger partial charge in [0.05, 0.1) is 0 Å². The predicted molar refractivity (Wildman–Crippen MR) is 155 cm³/mol. The zero-order valence-corrected chi connectivity index (χ0v) is 24.8. The molecule has 9 N–H and O–H groups in total. The molecule has 0 amide bonds. The van der Waals surface area contributed by atoms with Gasteiger partial charge in [-0.3, -0.25) is 14.4 Å². The molecule has 0 radical (unpaired) electrons. The summed E-state index contributed by atoms with van der Waals surface area (Å²) < 4.78 is 32.1. The van der Waals surface area contributed by atoms with Crippen LogP contribution in [0.1, 0.15) is 6.42 Å². The fourth-order valence-electron chi connectivity index (χ4n) is 5.07. The van der Waals surface area contributed by atoms with Crippen LogP contribution in [0.15, 0.2) is 51.7 Å². The number of carbonyl (C=O) groups is 3. The number of aliphatic hydroxyl groups excluding tert-OH is 6. The van der Waals surface area contributed by atoms with Crippen LogP contribution in [-0.4, -0.2) is 132 Å². The maximum absolute atomic E-state index is 12.9. The van der Waals surface area contributed by atoms with Crippen LogP contribution in [0.3, 0.4) is 0 Å². The molecule has 0 saturated carbocycles. The minimum atomic E-state index is -1.96. The van der Waals surface area contributed by atoms with E-state index in [0.29, 0.717) is 5.56 Å². The molecule has 10 atom stereocenters. The van der Waals surface area contributed by atoms with Crippen molar-refractivity contribution in [2.75, 3.05) is 6.61 Å². The van der Waals surface area contributed by atoms with E-state index in [0.717, 1.165) is 18.2 Å². The Morgan fingerprint density at radius 3 is 1.98 bits per heavy atom. The van der Waals surface area contributed by atoms with Crippen molar-refractivity contribution >= 4 is 28.9 Å². The summed E-state index contributed by atoms with van der Waals surface area (Å²) in [6.45, 7) is -0.651. The van der Waals surface area contributed by atoms with E-state index in [1.807, 2.05) is 0 Å². The fourth-order valence-corrected chi connectivity index (χ4v) is 5.07. The Labute approximate surface area is 273 Å². The summed E-state index contributed by atoms with van der Waals surface area (Å²) >= 11 is 0. The van der Waals surface area contributed by atoms with E-state index in [-0.39, 0.29) is 28.2 Å². The summed E-state index contributed by atoms with van der Waals surface area (Å²) in [6, 6.07) is 8.77. The summed E-state index contributed by atoms with van der Waals surface area (Å²) in [6.07, 6.45) is -18.7. The number of esters is 1. The third-order valence-electron chi connectivity index (χ3n) is 7.61. The lowest BCUT2D eigenvalue weighted by Crippen LogP contribution is -2.61. The summed E-state index contributed by atoms with van der Waals surface area (Å²) in [7, 11) is 0. The lowest BCUT2D eigenvalue weighted by molar-refractivity contribution is -0.278. The zero-order valence-electron chi connectivity index (χ0n) is 24.8. The molecular weight excluding hydrogens is 664 g/mol. The first-order valence-electron chi connectivity index (χ1n) is 14.4. The highest BCUT2D eigenvalue weighted by molar-refractivity contribution is 5.90. The molecule has 2 aliphatic rings. The number of carboxylic acids is 2. The lowest BCUT2D eigenvalue weighted by atomic mass is 9.99. The molecule has 49 heavy (non-hydrogen) atoms. The first-order chi connectivity index (χ1) is 23.1. The Morgan fingerprint density at radius 1 is 0.735 bits per heavy atom. The van der Waals surface area contributed by atoms with Crippen molar-refractivity contribution in [3.8, 4) is 28.6 Å². The van der Waals surface area contributed by atoms with Gasteiger partial charge in [0.15, 0.2) is 11.5 Å². The second kappa shape index (κ2) is 14.3. The topological polar surface area (TPSA) is 310 Å². The molecule has 0 unspecified atom stereocenters. The van der Waals surface area contributed by atoms with Gasteiger partial charge in [-0.2, -0.15) is 0 Å². The van der Waals surface area contributed by atoms with Crippen LogP contribution in [-0.2, 0) is 28.6 Å². The normalized spacial score (nSPS) is 30.0. The molecule has 3 aromatic rings. The minimum absolute atomic E-state index is 0.0187. The molecule has 2 saturated heterocycles. The first-order valence-corrected chi connectivity index (χ1v) is 14.4. The molecule has 0 aliphatic carbocycles. The van der Waals surface area contributed by atoms with Crippen molar-refractivity contribution in [2.45, 2.75) is 67.8 Å². The van der Waals surface area contributed by atoms with Crippen molar-refractivity contribution in [1.82, 2.24) is 0 Å². The Morgan fingerprint density at radius 2 is 1.35 bits per heavy atom. The number of rotatable bonds is 10. The van der Waals surface area contributed by atoms with E-state index in [1.54, 1.807) is 0 Å². The Kier molecular flexibility index (Phi) is 10.4. The molecule has 2 fully saturated rings. The molecule has 0 spiro atoms. The summed E-state index contributed by atoms with van der Waals surface area (Å²) in [5.41, 5.74) is -0.589. The summed E-state index contributed by atoms with van der Waals surface area (Å²) in [5, 5.41) is 89.2. The maximum Gasteiger partial charge on any atom is 0.335 e. The van der Waals surface area contributed by atoms with E-state index in [4.69, 9.17) is 33.2 Å². The van der Waals surface area contributed by atoms with Gasteiger partial charge in [0.1, 0.15) is 89.7 Å². The summed E-state index contributed by atoms with van der Waals surface area (Å²) in [4.78, 5) is 46.5. The molecule has 2 aromatic carbocycles. The third-order valence-corrected chi connectivity index (χ3v) is 7.61. The molecule has 2 aliphatic heterocycles. The number of aliphatic carboxylic acids is 2. The lowest BCUT2D eigenvalue weighted by Gasteiger charge is -2.39. The highest BCUT2D eigenvalue weighted by Crippen LogP contribution is 2.34. The Bertz CT molecular complexity index is 1750. The average molecular weight is 695 g/mol. The minimum Gasteiger partial charge on any atom is -0.507 e. The molecule has 5 rings (SSSR count). The van der Waals surface area contributed by atoms with Gasteiger partial charge >= 0.3 is 17.9 Å². The standard InChI is InChI=1S/C30H30O19/c31-13-5-12(46-30-26(41)23(38)24(39)27(49-30)28(42)43)6-16-20(13)14(32)7-15(47-16)10-1-3-11(4-2-10)45-29-25(40)22(37)21(36)17(48-29)9-44-19(35)8-18(33)34/h1-7,17,21-27,29-31,36-41H,8-9H2,(H,33,34)(H,42,43)/t17-,21-,22-,23+,24+,25-,26-,27-,29-,30-/m1/s1. The van der Waals surface area contributed by atoms with Gasteiger partial charge < -0.3 is 74.1 Å². The van der Waals surface area contributed by atoms with Gasteiger partial charge in [0, 0.05) is 23.8 Å². The number of carbonyl (C=O) groups excluding carboxylic acids is 1. The highest BCUT2D eigenvalue weighted by atomic mass is 16.7. The van der Waals surface area contributed by atoms with Crippen LogP contribution in [0.5, 0.6) is 17.2 Å². The highest BCUT2D eigenvalue weighted by Gasteiger charge is 2.48. The van der Waals surface area contributed by atoms with Gasteiger partial charge in [-0.1, -0.05) is 0 Å². The number of phenols is 1. The SMILES string of the molecule is O=C(O)CC(=O)OC[C@H]1O[C@@H](Oc2ccc(-c3cc(=O)c4c(O)cc(O[C@@H]5O[C@@H](C(=O)O)[C@@H](O)[C@H](O)[C@H]5O)cc4o3)cc2)[C@H](O)[C@H](O)[C@@H]1O. The number of phenolic OH excluding ortho intramolecular Hbond substituents is 1. The quantitative estimate of drug-likeness (QED) is 0.0792. The van der Waals surface area contributed by atoms with Crippen molar-refractivity contribution < 1.29 is 88.4 Å². The van der Waals surface area contributed by atoms with Crippen LogP contribution in [0, 0.1) is 0 Å². The smallest absolute Gasteiger partial charge is 0.335 e. The second-order valence-electron chi connectivity index (χ2n) is 11.1. The zero-order chi connectivity index (χ0) is 35.7. The Balaban J connectivity index is 1.32. The number of aliphatic hydroxyl groups is 6. The average Bonchev–Trinajstić information content (AvgIpc) is 3.04. The molecule has 3 heterocycles. The largest absolute Gasteiger partial charge is 0.507 e. The van der Waals surface area contributed by atoms with Gasteiger partial charge in [0.2, 0.25) is 12.6 Å². The number of aromatic hydroxyl groups is 1. The van der Waals surface area contributed by atoms with E-state index in [9.17, 15) is 60.0 Å². The predicted octanol–water partition coefficient (Wildman–Crippen LogP) is -2.36. The van der Waals surface area contributed by atoms with E-state index < -0.39 is 104 Å². The number of hydrogen-bond acceptors (Lipinski definition) is 17. The van der Waals surface area contributed by atoms with Crippen molar-refractivity contribution in [1.29, 1.82) is 0 Å². The number of hydrogen-bond donors (Lipinski definition) is 9. The van der Waals surface area contributed by atoms with Crippen molar-refractivity contribution in [3.05, 3.63) is 52.7 Å². The number of ether oxygens (including phenoxy) is 5. The second-order valence-corrected chi connectivity index (χ2v) is 11.1. The van der Waals surface area contributed by atoms with Gasteiger partial charge in [-0.05, 0) is 24.3 Å². The number of carboxylic acid groups (broad SMARTS) is 2. The third kappa shape index (κ3) is 7.58. The fraction of sp³-hybridized carbons (Fsp3) is 0.400. The van der Waals surface area contributed by atoms with E-state index >= 15 is 0 Å². The van der Waals surface area contributed by atoms with Crippen molar-refractivity contribution in [3.63, 3.8) is 0 Å². The number of fused-ring (bicyclic) bond motifs is 1. The van der Waals surface area contributed by atoms with E-state index in [1.165, 1.54) is 24.3 Å². The first kappa shape index (κ1) is 35.4. The van der Waals surface area contributed by atoms with Crippen LogP contribution < -0.4 is 14.9 Å². The van der Waals surface area contributed by atoms with E-state index in [2.05, 4.69) is 0 Å². The monoisotopic (exact) mass is 694 g/mol. The van der Waals surface area contributed by atoms with Crippen molar-refractivity contribution in [2.24, 2.45) is 0 Å². The molecular formula is C30H30O19. The van der Waals surface area contributed by atoms with Crippen LogP contribution in [0.4, 0.5) is 0 Å². The van der Waals surface area contributed by atoms with Crippen LogP contribution >= 0.6 is 0 Å².